The lowest BCUT2D eigenvalue weighted by molar-refractivity contribution is 0.410. The van der Waals surface area contributed by atoms with E-state index in [4.69, 9.17) is 4.74 Å². The highest BCUT2D eigenvalue weighted by Crippen LogP contribution is 2.31. The van der Waals surface area contributed by atoms with Crippen LogP contribution >= 0.6 is 0 Å². The van der Waals surface area contributed by atoms with Gasteiger partial charge < -0.3 is 10.1 Å². The molecule has 0 heterocycles. The van der Waals surface area contributed by atoms with Gasteiger partial charge in [0.1, 0.15) is 11.6 Å². The van der Waals surface area contributed by atoms with Crippen LogP contribution in [0, 0.1) is 5.82 Å². The monoisotopic (exact) mass is 263 g/mol. The molecule has 0 fully saturated rings. The Morgan fingerprint density at radius 3 is 2.79 bits per heavy atom. The van der Waals surface area contributed by atoms with E-state index in [1.807, 2.05) is 19.2 Å². The van der Waals surface area contributed by atoms with Crippen molar-refractivity contribution in [3.63, 3.8) is 0 Å². The lowest BCUT2D eigenvalue weighted by Gasteiger charge is -2.21. The van der Waals surface area contributed by atoms with Crippen LogP contribution < -0.4 is 10.1 Å². The van der Waals surface area contributed by atoms with Gasteiger partial charge in [0.25, 0.3) is 0 Å². The average Bonchev–Trinajstić information content (AvgIpc) is 2.70. The van der Waals surface area contributed by atoms with Gasteiger partial charge in [0.05, 0.1) is 13.2 Å². The van der Waals surface area contributed by atoms with Crippen molar-refractivity contribution in [1.29, 1.82) is 0 Å². The fourth-order valence-corrected chi connectivity index (χ4v) is 2.71. The van der Waals surface area contributed by atoms with Gasteiger partial charge in [-0.15, -0.1) is 0 Å². The fourth-order valence-electron chi connectivity index (χ4n) is 2.71. The number of hydrogen-bond donors (Lipinski definition) is 1. The number of likely N-dealkylation sites (N-methyl/N-ethyl adjacent to an activating group) is 1. The van der Waals surface area contributed by atoms with Crippen LogP contribution in [0.1, 0.15) is 43.7 Å². The van der Waals surface area contributed by atoms with E-state index < -0.39 is 0 Å². The second-order valence-electron chi connectivity index (χ2n) is 4.99. The minimum Gasteiger partial charge on any atom is -0.497 e. The minimum atomic E-state index is -0.205. The molecule has 0 bridgehead atoms. The quantitative estimate of drug-likeness (QED) is 0.829. The predicted octanol–water partition coefficient (Wildman–Crippen LogP) is 3.99. The van der Waals surface area contributed by atoms with Crippen LogP contribution in [0.3, 0.4) is 0 Å². The van der Waals surface area contributed by atoms with Gasteiger partial charge in [-0.1, -0.05) is 24.1 Å². The Balaban J connectivity index is 2.28. The molecule has 1 unspecified atom stereocenters. The Hall–Kier alpha value is -1.35. The van der Waals surface area contributed by atoms with E-state index in [0.29, 0.717) is 11.3 Å². The Morgan fingerprint density at radius 2 is 2.11 bits per heavy atom. The molecule has 2 nitrogen and oxygen atoms in total. The highest BCUT2D eigenvalue weighted by Gasteiger charge is 2.19. The van der Waals surface area contributed by atoms with E-state index in [-0.39, 0.29) is 11.9 Å². The molecule has 3 heteroatoms. The fraction of sp³-hybridized carbons (Fsp3) is 0.500. The molecule has 0 saturated heterocycles. The zero-order valence-electron chi connectivity index (χ0n) is 11.7. The molecule has 0 radical (unpaired) electrons. The molecule has 0 spiro atoms. The van der Waals surface area contributed by atoms with Gasteiger partial charge in [0, 0.05) is 11.6 Å². The molecular formula is C16H22FNO. The third-order valence-corrected chi connectivity index (χ3v) is 3.75. The Kier molecular flexibility index (Phi) is 4.97. The van der Waals surface area contributed by atoms with Crippen molar-refractivity contribution in [2.24, 2.45) is 0 Å². The van der Waals surface area contributed by atoms with E-state index in [1.54, 1.807) is 7.11 Å². The number of ether oxygens (including phenoxy) is 1. The molecule has 0 aromatic heterocycles. The van der Waals surface area contributed by atoms with Gasteiger partial charge in [-0.05, 0) is 38.8 Å². The summed E-state index contributed by atoms with van der Waals surface area (Å²) >= 11 is 0. The van der Waals surface area contributed by atoms with E-state index in [9.17, 15) is 4.39 Å². The normalized spacial score (nSPS) is 17.5. The van der Waals surface area contributed by atoms with Crippen LogP contribution in [0.2, 0.25) is 0 Å². The Bertz CT molecular complexity index is 456. The highest BCUT2D eigenvalue weighted by atomic mass is 19.1. The first kappa shape index (κ1) is 14.1. The first-order valence-corrected chi connectivity index (χ1v) is 6.96. The molecule has 19 heavy (non-hydrogen) atoms. The molecular weight excluding hydrogens is 241 g/mol. The van der Waals surface area contributed by atoms with Crippen LogP contribution in [0.5, 0.6) is 5.75 Å². The summed E-state index contributed by atoms with van der Waals surface area (Å²) < 4.78 is 19.2. The Labute approximate surface area is 114 Å². The molecule has 0 saturated carbocycles. The molecule has 104 valence electrons. The summed E-state index contributed by atoms with van der Waals surface area (Å²) in [6.45, 7) is 0. The second kappa shape index (κ2) is 6.71. The lowest BCUT2D eigenvalue weighted by atomic mass is 9.94. The minimum absolute atomic E-state index is 0.0241. The number of methoxy groups -OCH3 is 1. The molecule has 1 N–H and O–H groups in total. The van der Waals surface area contributed by atoms with Crippen molar-refractivity contribution in [3.05, 3.63) is 41.2 Å². The van der Waals surface area contributed by atoms with Crippen molar-refractivity contribution >= 4 is 0 Å². The zero-order chi connectivity index (χ0) is 13.7. The number of nitrogens with one attached hydrogen (secondary N) is 1. The summed E-state index contributed by atoms with van der Waals surface area (Å²) in [5.41, 5.74) is 2.01. The summed E-state index contributed by atoms with van der Waals surface area (Å²) in [6.07, 6.45) is 8.13. The van der Waals surface area contributed by atoms with Crippen molar-refractivity contribution in [1.82, 2.24) is 5.32 Å². The van der Waals surface area contributed by atoms with E-state index in [0.717, 1.165) is 12.8 Å². The largest absolute Gasteiger partial charge is 0.497 e. The van der Waals surface area contributed by atoms with Crippen molar-refractivity contribution in [3.8, 4) is 5.75 Å². The van der Waals surface area contributed by atoms with Gasteiger partial charge in [-0.3, -0.25) is 0 Å². The van der Waals surface area contributed by atoms with Gasteiger partial charge >= 0.3 is 0 Å². The maximum absolute atomic E-state index is 14.2. The molecule has 0 aliphatic heterocycles. The first-order valence-electron chi connectivity index (χ1n) is 6.96. The molecule has 2 rings (SSSR count). The van der Waals surface area contributed by atoms with Crippen LogP contribution in [0.15, 0.2) is 29.8 Å². The average molecular weight is 263 g/mol. The summed E-state index contributed by atoms with van der Waals surface area (Å²) in [5.74, 6) is 0.356. The third kappa shape index (κ3) is 3.35. The van der Waals surface area contributed by atoms with Gasteiger partial charge in [0.2, 0.25) is 0 Å². The molecule has 1 aromatic rings. The van der Waals surface area contributed by atoms with Crippen molar-refractivity contribution in [2.45, 2.75) is 38.1 Å². The van der Waals surface area contributed by atoms with Crippen LogP contribution in [-0.4, -0.2) is 14.2 Å². The predicted molar refractivity (Wildman–Crippen MR) is 75.9 cm³/mol. The third-order valence-electron chi connectivity index (χ3n) is 3.75. The van der Waals surface area contributed by atoms with Gasteiger partial charge in [-0.25, -0.2) is 4.39 Å². The lowest BCUT2D eigenvalue weighted by Crippen LogP contribution is -2.20. The van der Waals surface area contributed by atoms with Gasteiger partial charge in [0.15, 0.2) is 0 Å². The number of rotatable bonds is 4. The first-order chi connectivity index (χ1) is 9.26. The number of benzene rings is 1. The standard InChI is InChI=1S/C16H22FNO/c1-18-16(12-7-5-3-4-6-8-12)14-10-9-13(19-2)11-15(14)17/h7,9-11,16,18H,3-6,8H2,1-2H3. The molecule has 1 aliphatic carbocycles. The molecule has 0 amide bonds. The highest BCUT2D eigenvalue weighted by molar-refractivity contribution is 5.35. The summed E-state index contributed by atoms with van der Waals surface area (Å²) in [5, 5.41) is 3.25. The molecule has 1 atom stereocenters. The van der Waals surface area contributed by atoms with Crippen molar-refractivity contribution in [2.75, 3.05) is 14.2 Å². The topological polar surface area (TPSA) is 21.3 Å². The van der Waals surface area contributed by atoms with Crippen molar-refractivity contribution < 1.29 is 9.13 Å². The van der Waals surface area contributed by atoms with E-state index >= 15 is 0 Å². The van der Waals surface area contributed by atoms with Crippen LogP contribution in [0.4, 0.5) is 4.39 Å². The second-order valence-corrected chi connectivity index (χ2v) is 4.99. The van der Waals surface area contributed by atoms with E-state index in [1.165, 1.54) is 30.9 Å². The van der Waals surface area contributed by atoms with Crippen LogP contribution in [0.25, 0.3) is 0 Å². The smallest absolute Gasteiger partial charge is 0.132 e. The zero-order valence-corrected chi connectivity index (χ0v) is 11.7. The maximum Gasteiger partial charge on any atom is 0.132 e. The summed E-state index contributed by atoms with van der Waals surface area (Å²) in [7, 11) is 3.44. The van der Waals surface area contributed by atoms with Crippen LogP contribution in [-0.2, 0) is 0 Å². The number of hydrogen-bond acceptors (Lipinski definition) is 2. The van der Waals surface area contributed by atoms with Gasteiger partial charge in [-0.2, -0.15) is 0 Å². The van der Waals surface area contributed by atoms with E-state index in [2.05, 4.69) is 11.4 Å². The number of halogens is 1. The SMILES string of the molecule is CNC(C1=CCCCCC1)c1ccc(OC)cc1F. The Morgan fingerprint density at radius 1 is 1.26 bits per heavy atom. The molecule has 1 aliphatic rings. The number of allylic oxidation sites excluding steroid dienone is 1. The summed E-state index contributed by atoms with van der Waals surface area (Å²) in [6, 6.07) is 5.07. The summed E-state index contributed by atoms with van der Waals surface area (Å²) in [4.78, 5) is 0. The maximum atomic E-state index is 14.2. The molecule has 1 aromatic carbocycles.